The number of carboxylic acids is 1. The zero-order valence-corrected chi connectivity index (χ0v) is 12.5. The topological polar surface area (TPSA) is 57.6 Å². The van der Waals surface area contributed by atoms with E-state index in [1.54, 1.807) is 23.6 Å². The van der Waals surface area contributed by atoms with Crippen molar-refractivity contribution in [3.63, 3.8) is 0 Å². The molecule has 1 amide bonds. The first kappa shape index (κ1) is 14.9. The second-order valence-electron chi connectivity index (χ2n) is 5.23. The molecule has 0 aromatic heterocycles. The fourth-order valence-electron chi connectivity index (χ4n) is 2.34. The van der Waals surface area contributed by atoms with Gasteiger partial charge in [0.2, 0.25) is 0 Å². The zero-order valence-electron chi connectivity index (χ0n) is 11.7. The second-order valence-corrected chi connectivity index (χ2v) is 6.10. The van der Waals surface area contributed by atoms with Gasteiger partial charge in [-0.2, -0.15) is 11.8 Å². The van der Waals surface area contributed by atoms with Crippen LogP contribution in [0.25, 0.3) is 0 Å². The minimum absolute atomic E-state index is 0.00166. The number of carbonyl (C=O) groups is 2. The maximum Gasteiger partial charge on any atom is 0.306 e. The smallest absolute Gasteiger partial charge is 0.306 e. The van der Waals surface area contributed by atoms with Crippen LogP contribution in [0.2, 0.25) is 0 Å². The van der Waals surface area contributed by atoms with Gasteiger partial charge >= 0.3 is 5.97 Å². The van der Waals surface area contributed by atoms with E-state index >= 15 is 0 Å². The minimum Gasteiger partial charge on any atom is -0.481 e. The Bertz CT molecular complexity index is 512. The molecule has 0 radical (unpaired) electrons. The Hall–Kier alpha value is -1.49. The van der Waals surface area contributed by atoms with E-state index in [0.717, 1.165) is 11.3 Å². The van der Waals surface area contributed by atoms with E-state index in [4.69, 9.17) is 5.11 Å². The van der Waals surface area contributed by atoms with Gasteiger partial charge < -0.3 is 10.0 Å². The number of carboxylic acid groups (broad SMARTS) is 1. The Morgan fingerprint density at radius 2 is 2.15 bits per heavy atom. The molecule has 1 saturated heterocycles. The molecule has 0 spiro atoms. The Kier molecular flexibility index (Phi) is 4.70. The summed E-state index contributed by atoms with van der Waals surface area (Å²) in [6.45, 7) is 2.78. The summed E-state index contributed by atoms with van der Waals surface area (Å²) in [5.74, 6) is -0.210. The molecule has 108 valence electrons. The number of nitrogens with zero attached hydrogens (tertiary/aromatic N) is 1. The summed E-state index contributed by atoms with van der Waals surface area (Å²) in [5, 5.41) is 8.95. The molecule has 0 bridgehead atoms. The number of thioether (sulfide) groups is 1. The van der Waals surface area contributed by atoms with Gasteiger partial charge in [-0.15, -0.1) is 0 Å². The molecular formula is C15H19NO3S. The molecule has 1 atom stereocenters. The van der Waals surface area contributed by atoms with Gasteiger partial charge in [-0.05, 0) is 24.0 Å². The fraction of sp³-hybridized carbons (Fsp3) is 0.467. The predicted octanol–water partition coefficient (Wildman–Crippen LogP) is 2.34. The number of likely N-dealkylation sites (tertiary alicyclic amines) is 1. The molecule has 1 aliphatic rings. The van der Waals surface area contributed by atoms with E-state index < -0.39 is 5.97 Å². The lowest BCUT2D eigenvalue weighted by atomic mass is 9.86. The molecule has 1 aliphatic heterocycles. The molecular weight excluding hydrogens is 274 g/mol. The maximum absolute atomic E-state index is 12.3. The van der Waals surface area contributed by atoms with E-state index in [-0.39, 0.29) is 17.7 Å². The van der Waals surface area contributed by atoms with Gasteiger partial charge in [-0.1, -0.05) is 19.1 Å². The highest BCUT2D eigenvalue weighted by Crippen LogP contribution is 2.26. The Morgan fingerprint density at radius 3 is 2.75 bits per heavy atom. The SMILES string of the molecule is CSCc1cccc(C(=O)N2CC(C(C)C(=O)O)C2)c1. The van der Waals surface area contributed by atoms with E-state index in [1.807, 2.05) is 30.5 Å². The van der Waals surface area contributed by atoms with Gasteiger partial charge in [-0.25, -0.2) is 0 Å². The van der Waals surface area contributed by atoms with Gasteiger partial charge in [0.1, 0.15) is 0 Å². The van der Waals surface area contributed by atoms with Gasteiger partial charge in [-0.3, -0.25) is 9.59 Å². The lowest BCUT2D eigenvalue weighted by molar-refractivity contribution is -0.144. The normalized spacial score (nSPS) is 16.6. The van der Waals surface area contributed by atoms with Gasteiger partial charge in [0, 0.05) is 30.3 Å². The summed E-state index contributed by atoms with van der Waals surface area (Å²) < 4.78 is 0. The molecule has 20 heavy (non-hydrogen) atoms. The first-order valence-corrected chi connectivity index (χ1v) is 8.02. The Labute approximate surface area is 123 Å². The van der Waals surface area contributed by atoms with Crippen molar-refractivity contribution in [3.8, 4) is 0 Å². The highest BCUT2D eigenvalue weighted by Gasteiger charge is 2.37. The van der Waals surface area contributed by atoms with E-state index in [9.17, 15) is 9.59 Å². The third-order valence-electron chi connectivity index (χ3n) is 3.78. The summed E-state index contributed by atoms with van der Waals surface area (Å²) >= 11 is 1.72. The second kappa shape index (κ2) is 6.31. The number of hydrogen-bond acceptors (Lipinski definition) is 3. The number of benzene rings is 1. The lowest BCUT2D eigenvalue weighted by Crippen LogP contribution is -2.53. The number of hydrogen-bond donors (Lipinski definition) is 1. The standard InChI is InChI=1S/C15H19NO3S/c1-10(15(18)19)13-7-16(8-13)14(17)12-5-3-4-11(6-12)9-20-2/h3-6,10,13H,7-9H2,1-2H3,(H,18,19). The summed E-state index contributed by atoms with van der Waals surface area (Å²) in [7, 11) is 0. The minimum atomic E-state index is -0.788. The van der Waals surface area contributed by atoms with Crippen LogP contribution in [0.3, 0.4) is 0 Å². The van der Waals surface area contributed by atoms with Crippen LogP contribution in [0, 0.1) is 11.8 Å². The quantitative estimate of drug-likeness (QED) is 0.905. The molecule has 2 rings (SSSR count). The maximum atomic E-state index is 12.3. The summed E-state index contributed by atoms with van der Waals surface area (Å²) in [4.78, 5) is 24.9. The summed E-state index contributed by atoms with van der Waals surface area (Å²) in [5.41, 5.74) is 1.83. The molecule has 4 nitrogen and oxygen atoms in total. The van der Waals surface area contributed by atoms with Crippen molar-refractivity contribution in [3.05, 3.63) is 35.4 Å². The van der Waals surface area contributed by atoms with Gasteiger partial charge in [0.25, 0.3) is 5.91 Å². The fourth-order valence-corrected chi connectivity index (χ4v) is 2.85. The van der Waals surface area contributed by atoms with Crippen molar-refractivity contribution in [2.75, 3.05) is 19.3 Å². The van der Waals surface area contributed by atoms with Crippen molar-refractivity contribution in [2.45, 2.75) is 12.7 Å². The van der Waals surface area contributed by atoms with Crippen molar-refractivity contribution in [2.24, 2.45) is 11.8 Å². The highest BCUT2D eigenvalue weighted by atomic mass is 32.2. The van der Waals surface area contributed by atoms with Gasteiger partial charge in [0.05, 0.1) is 5.92 Å². The molecule has 5 heteroatoms. The molecule has 1 N–H and O–H groups in total. The van der Waals surface area contributed by atoms with Gasteiger partial charge in [0.15, 0.2) is 0 Å². The Morgan fingerprint density at radius 1 is 1.45 bits per heavy atom. The number of carbonyl (C=O) groups excluding carboxylic acids is 1. The summed E-state index contributed by atoms with van der Waals surface area (Å²) in [6.07, 6.45) is 2.03. The number of aliphatic carboxylic acids is 1. The number of rotatable bonds is 5. The Balaban J connectivity index is 1.97. The van der Waals surface area contributed by atoms with Crippen LogP contribution in [0.4, 0.5) is 0 Å². The predicted molar refractivity (Wildman–Crippen MR) is 79.9 cm³/mol. The highest BCUT2D eigenvalue weighted by molar-refractivity contribution is 7.97. The van der Waals surface area contributed by atoms with Crippen molar-refractivity contribution in [1.82, 2.24) is 4.90 Å². The van der Waals surface area contributed by atoms with Crippen LogP contribution < -0.4 is 0 Å². The number of amides is 1. The van der Waals surface area contributed by atoms with E-state index in [0.29, 0.717) is 18.7 Å². The summed E-state index contributed by atoms with van der Waals surface area (Å²) in [6, 6.07) is 7.65. The van der Waals surface area contributed by atoms with Crippen molar-refractivity contribution >= 4 is 23.6 Å². The average molecular weight is 293 g/mol. The first-order chi connectivity index (χ1) is 9.52. The molecule has 0 saturated carbocycles. The van der Waals surface area contributed by atoms with Crippen LogP contribution in [-0.2, 0) is 10.5 Å². The lowest BCUT2D eigenvalue weighted by Gasteiger charge is -2.41. The molecule has 1 fully saturated rings. The molecule has 0 aliphatic carbocycles. The molecule has 1 aromatic rings. The van der Waals surface area contributed by atoms with Crippen LogP contribution in [0.5, 0.6) is 0 Å². The van der Waals surface area contributed by atoms with E-state index in [1.165, 1.54) is 0 Å². The third-order valence-corrected chi connectivity index (χ3v) is 4.40. The largest absolute Gasteiger partial charge is 0.481 e. The van der Waals surface area contributed by atoms with Crippen LogP contribution in [0.1, 0.15) is 22.8 Å². The average Bonchev–Trinajstić information content (AvgIpc) is 2.37. The zero-order chi connectivity index (χ0) is 14.7. The van der Waals surface area contributed by atoms with Crippen LogP contribution >= 0.6 is 11.8 Å². The van der Waals surface area contributed by atoms with Crippen molar-refractivity contribution < 1.29 is 14.7 Å². The molecule has 1 unspecified atom stereocenters. The molecule has 1 aromatic carbocycles. The van der Waals surface area contributed by atoms with Crippen molar-refractivity contribution in [1.29, 1.82) is 0 Å². The monoisotopic (exact) mass is 293 g/mol. The third kappa shape index (κ3) is 3.15. The first-order valence-electron chi connectivity index (χ1n) is 6.63. The van der Waals surface area contributed by atoms with Crippen LogP contribution in [-0.4, -0.2) is 41.2 Å². The van der Waals surface area contributed by atoms with E-state index in [2.05, 4.69) is 0 Å². The molecule has 1 heterocycles. The van der Waals surface area contributed by atoms with Crippen LogP contribution in [0.15, 0.2) is 24.3 Å².